The van der Waals surface area contributed by atoms with Crippen LogP contribution in [0, 0.1) is 18.3 Å². The molecule has 5 nitrogen and oxygen atoms in total. The molecule has 1 heterocycles. The molecule has 1 N–H and O–H groups in total. The quantitative estimate of drug-likeness (QED) is 0.358. The Morgan fingerprint density at radius 1 is 1.73 bits per heavy atom. The number of thiophene rings is 1. The first-order valence-corrected chi connectivity index (χ1v) is 5.29. The number of rotatable bonds is 5. The Bertz CT molecular complexity index is 399. The normalized spacial score (nSPS) is 11.5. The van der Waals surface area contributed by atoms with Crippen LogP contribution in [0.2, 0.25) is 0 Å². The molecule has 0 saturated heterocycles. The summed E-state index contributed by atoms with van der Waals surface area (Å²) >= 11 is 1.60. The fraction of sp³-hybridized carbons (Fsp3) is 0.444. The van der Waals surface area contributed by atoms with Gasteiger partial charge in [-0.3, -0.25) is 5.32 Å². The Morgan fingerprint density at radius 2 is 2.53 bits per heavy atom. The van der Waals surface area contributed by atoms with Gasteiger partial charge < -0.3 is 0 Å². The van der Waals surface area contributed by atoms with Gasteiger partial charge in [-0.25, -0.2) is 0 Å². The molecule has 1 aromatic heterocycles. The molecule has 1 unspecified atom stereocenters. The van der Waals surface area contributed by atoms with E-state index >= 15 is 0 Å². The van der Waals surface area contributed by atoms with Crippen molar-refractivity contribution in [1.82, 2.24) is 5.32 Å². The molecular formula is C9H11N5S. The molecule has 78 valence electrons. The maximum atomic E-state index is 8.94. The van der Waals surface area contributed by atoms with Crippen LogP contribution in [0.15, 0.2) is 17.2 Å². The van der Waals surface area contributed by atoms with Crippen LogP contribution in [0.4, 0.5) is 0 Å². The van der Waals surface area contributed by atoms with Crippen LogP contribution in [0.25, 0.3) is 10.4 Å². The van der Waals surface area contributed by atoms with Crippen molar-refractivity contribution in [2.24, 2.45) is 5.11 Å². The fourth-order valence-electron chi connectivity index (χ4n) is 1.12. The minimum Gasteiger partial charge on any atom is -0.297 e. The molecule has 0 aliphatic carbocycles. The number of nitriles is 1. The van der Waals surface area contributed by atoms with Gasteiger partial charge in [0.25, 0.3) is 0 Å². The van der Waals surface area contributed by atoms with E-state index in [0.717, 1.165) is 4.88 Å². The lowest BCUT2D eigenvalue weighted by Crippen LogP contribution is -2.21. The third kappa shape index (κ3) is 3.60. The van der Waals surface area contributed by atoms with E-state index in [2.05, 4.69) is 21.4 Å². The summed E-state index contributed by atoms with van der Waals surface area (Å²) in [6.07, 6.45) is 0. The number of nitrogens with one attached hydrogen (secondary N) is 1. The molecule has 0 spiro atoms. The standard InChI is InChI=1S/C9H11N5S/c1-7-2-3-9(15-7)8(6-10)12-4-5-13-14-11/h2-3,8,12H,4-5H2,1H3. The predicted molar refractivity (Wildman–Crippen MR) is 59.4 cm³/mol. The van der Waals surface area contributed by atoms with Gasteiger partial charge in [0.15, 0.2) is 0 Å². The molecular weight excluding hydrogens is 210 g/mol. The molecule has 0 amide bonds. The lowest BCUT2D eigenvalue weighted by atomic mass is 10.2. The monoisotopic (exact) mass is 221 g/mol. The van der Waals surface area contributed by atoms with Gasteiger partial charge in [0.05, 0.1) is 6.07 Å². The smallest absolute Gasteiger partial charge is 0.130 e. The third-order valence-corrected chi connectivity index (χ3v) is 2.86. The molecule has 15 heavy (non-hydrogen) atoms. The Labute approximate surface area is 92.0 Å². The van der Waals surface area contributed by atoms with Gasteiger partial charge >= 0.3 is 0 Å². The molecule has 1 aromatic rings. The van der Waals surface area contributed by atoms with Gasteiger partial charge in [-0.1, -0.05) is 5.11 Å². The molecule has 0 fully saturated rings. The highest BCUT2D eigenvalue weighted by Gasteiger charge is 2.10. The molecule has 0 radical (unpaired) electrons. The van der Waals surface area contributed by atoms with Crippen LogP contribution in [-0.2, 0) is 0 Å². The number of hydrogen-bond acceptors (Lipinski definition) is 4. The number of aryl methyl sites for hydroxylation is 1. The highest BCUT2D eigenvalue weighted by atomic mass is 32.1. The molecule has 1 rings (SSSR count). The van der Waals surface area contributed by atoms with E-state index in [0.29, 0.717) is 13.1 Å². The first-order chi connectivity index (χ1) is 7.27. The van der Waals surface area contributed by atoms with Crippen molar-refractivity contribution in [2.75, 3.05) is 13.1 Å². The van der Waals surface area contributed by atoms with Crippen molar-refractivity contribution >= 4 is 11.3 Å². The highest BCUT2D eigenvalue weighted by Crippen LogP contribution is 2.21. The van der Waals surface area contributed by atoms with Crippen molar-refractivity contribution in [3.8, 4) is 6.07 Å². The second-order valence-electron chi connectivity index (χ2n) is 2.92. The van der Waals surface area contributed by atoms with Crippen LogP contribution in [0.1, 0.15) is 15.8 Å². The summed E-state index contributed by atoms with van der Waals surface area (Å²) in [5, 5.41) is 15.3. The second kappa shape index (κ2) is 6.04. The summed E-state index contributed by atoms with van der Waals surface area (Å²) in [5.41, 5.74) is 8.08. The van der Waals surface area contributed by atoms with E-state index < -0.39 is 0 Å². The maximum absolute atomic E-state index is 8.94. The average Bonchev–Trinajstić information content (AvgIpc) is 2.65. The van der Waals surface area contributed by atoms with E-state index in [9.17, 15) is 0 Å². The van der Waals surface area contributed by atoms with Gasteiger partial charge in [0.1, 0.15) is 6.04 Å². The Balaban J connectivity index is 2.50. The Kier molecular flexibility index (Phi) is 4.64. The average molecular weight is 221 g/mol. The summed E-state index contributed by atoms with van der Waals surface area (Å²) < 4.78 is 0. The predicted octanol–water partition coefficient (Wildman–Crippen LogP) is 2.52. The Hall–Kier alpha value is -1.54. The van der Waals surface area contributed by atoms with Gasteiger partial charge in [0, 0.05) is 27.8 Å². The summed E-state index contributed by atoms with van der Waals surface area (Å²) in [6.45, 7) is 2.88. The third-order valence-electron chi connectivity index (χ3n) is 1.80. The number of nitrogens with zero attached hydrogens (tertiary/aromatic N) is 4. The van der Waals surface area contributed by atoms with E-state index in [4.69, 9.17) is 10.8 Å². The van der Waals surface area contributed by atoms with Crippen LogP contribution in [0.5, 0.6) is 0 Å². The Morgan fingerprint density at radius 3 is 3.07 bits per heavy atom. The van der Waals surface area contributed by atoms with Crippen LogP contribution in [-0.4, -0.2) is 13.1 Å². The summed E-state index contributed by atoms with van der Waals surface area (Å²) in [6, 6.07) is 5.79. The van der Waals surface area contributed by atoms with E-state index in [1.165, 1.54) is 4.88 Å². The molecule has 0 bridgehead atoms. The zero-order valence-electron chi connectivity index (χ0n) is 8.34. The number of azide groups is 1. The van der Waals surface area contributed by atoms with Crippen LogP contribution >= 0.6 is 11.3 Å². The van der Waals surface area contributed by atoms with E-state index in [-0.39, 0.29) is 6.04 Å². The zero-order valence-corrected chi connectivity index (χ0v) is 9.16. The largest absolute Gasteiger partial charge is 0.297 e. The van der Waals surface area contributed by atoms with Crippen molar-refractivity contribution in [2.45, 2.75) is 13.0 Å². The molecule has 0 aromatic carbocycles. The SMILES string of the molecule is Cc1ccc(C(C#N)NCCN=[N+]=[N-])s1. The minimum absolute atomic E-state index is 0.308. The van der Waals surface area contributed by atoms with E-state index in [1.807, 2.05) is 19.1 Å². The second-order valence-corrected chi connectivity index (χ2v) is 4.24. The summed E-state index contributed by atoms with van der Waals surface area (Å²) in [7, 11) is 0. The topological polar surface area (TPSA) is 84.6 Å². The first kappa shape index (κ1) is 11.5. The van der Waals surface area contributed by atoms with Gasteiger partial charge in [-0.15, -0.1) is 11.3 Å². The van der Waals surface area contributed by atoms with Crippen molar-refractivity contribution in [3.05, 3.63) is 32.3 Å². The van der Waals surface area contributed by atoms with Crippen molar-refractivity contribution in [3.63, 3.8) is 0 Å². The summed E-state index contributed by atoms with van der Waals surface area (Å²) in [4.78, 5) is 4.82. The maximum Gasteiger partial charge on any atom is 0.130 e. The fourth-order valence-corrected chi connectivity index (χ4v) is 2.02. The lowest BCUT2D eigenvalue weighted by Gasteiger charge is -2.07. The molecule has 1 atom stereocenters. The van der Waals surface area contributed by atoms with Gasteiger partial charge in [-0.2, -0.15) is 5.26 Å². The van der Waals surface area contributed by atoms with E-state index in [1.54, 1.807) is 11.3 Å². The molecule has 0 aliphatic rings. The zero-order chi connectivity index (χ0) is 11.1. The van der Waals surface area contributed by atoms with Crippen LogP contribution < -0.4 is 5.32 Å². The minimum atomic E-state index is -0.308. The summed E-state index contributed by atoms with van der Waals surface area (Å²) in [5.74, 6) is 0. The molecule has 0 saturated carbocycles. The van der Waals surface area contributed by atoms with Crippen molar-refractivity contribution < 1.29 is 0 Å². The molecule has 0 aliphatic heterocycles. The van der Waals surface area contributed by atoms with Gasteiger partial charge in [-0.05, 0) is 24.6 Å². The van der Waals surface area contributed by atoms with Crippen molar-refractivity contribution in [1.29, 1.82) is 5.26 Å². The van der Waals surface area contributed by atoms with Crippen LogP contribution in [0.3, 0.4) is 0 Å². The molecule has 6 heteroatoms. The lowest BCUT2D eigenvalue weighted by molar-refractivity contribution is 0.643. The highest BCUT2D eigenvalue weighted by molar-refractivity contribution is 7.12. The van der Waals surface area contributed by atoms with Gasteiger partial charge in [0.2, 0.25) is 0 Å². The first-order valence-electron chi connectivity index (χ1n) is 4.48. The number of hydrogen-bond donors (Lipinski definition) is 1.